The van der Waals surface area contributed by atoms with Crippen LogP contribution >= 0.6 is 15.9 Å². The van der Waals surface area contributed by atoms with Crippen molar-refractivity contribution in [3.05, 3.63) is 0 Å². The van der Waals surface area contributed by atoms with Crippen molar-refractivity contribution < 1.29 is 9.53 Å². The number of likely N-dealkylation sites (tertiary alicyclic amines) is 1. The highest BCUT2D eigenvalue weighted by Gasteiger charge is 2.24. The van der Waals surface area contributed by atoms with Gasteiger partial charge in [0.15, 0.2) is 0 Å². The van der Waals surface area contributed by atoms with Crippen LogP contribution < -0.4 is 0 Å². The van der Waals surface area contributed by atoms with Crippen molar-refractivity contribution >= 4 is 21.8 Å². The van der Waals surface area contributed by atoms with E-state index < -0.39 is 0 Å². The molecule has 1 amide bonds. The van der Waals surface area contributed by atoms with Crippen LogP contribution in [0.15, 0.2) is 0 Å². The number of halogens is 1. The Morgan fingerprint density at radius 2 is 2.07 bits per heavy atom. The summed E-state index contributed by atoms with van der Waals surface area (Å²) < 4.78 is 5.64. The molecule has 0 saturated carbocycles. The molecule has 0 spiro atoms. The monoisotopic (exact) mass is 277 g/mol. The standard InChI is InChI=1S/C11H20BrNO2/c1-9(2)11(14)13-6-3-10(4-7-13)15-8-5-12/h9-10H,3-8H2,1-2H3. The molecule has 1 heterocycles. The van der Waals surface area contributed by atoms with Crippen LogP contribution in [0.2, 0.25) is 0 Å². The Balaban J connectivity index is 2.26. The maximum Gasteiger partial charge on any atom is 0.225 e. The van der Waals surface area contributed by atoms with Gasteiger partial charge in [-0.2, -0.15) is 0 Å². The summed E-state index contributed by atoms with van der Waals surface area (Å²) in [4.78, 5) is 13.7. The number of hydrogen-bond donors (Lipinski definition) is 0. The van der Waals surface area contributed by atoms with E-state index in [9.17, 15) is 4.79 Å². The summed E-state index contributed by atoms with van der Waals surface area (Å²) >= 11 is 3.34. The van der Waals surface area contributed by atoms with E-state index >= 15 is 0 Å². The molecule has 0 unspecified atom stereocenters. The number of ether oxygens (including phenoxy) is 1. The normalized spacial score (nSPS) is 18.5. The van der Waals surface area contributed by atoms with Gasteiger partial charge in [-0.15, -0.1) is 0 Å². The largest absolute Gasteiger partial charge is 0.377 e. The van der Waals surface area contributed by atoms with Crippen LogP contribution in [0.4, 0.5) is 0 Å². The van der Waals surface area contributed by atoms with Crippen molar-refractivity contribution in [1.29, 1.82) is 0 Å². The van der Waals surface area contributed by atoms with Crippen molar-refractivity contribution in [2.75, 3.05) is 25.0 Å². The van der Waals surface area contributed by atoms with Gasteiger partial charge in [0, 0.05) is 24.3 Å². The first-order valence-corrected chi connectivity index (χ1v) is 6.73. The van der Waals surface area contributed by atoms with Gasteiger partial charge in [0.05, 0.1) is 12.7 Å². The van der Waals surface area contributed by atoms with Crippen molar-refractivity contribution in [3.63, 3.8) is 0 Å². The van der Waals surface area contributed by atoms with Crippen LogP contribution in [-0.2, 0) is 9.53 Å². The number of alkyl halides is 1. The topological polar surface area (TPSA) is 29.5 Å². The number of carbonyl (C=O) groups excluding carboxylic acids is 1. The molecule has 0 radical (unpaired) electrons. The van der Waals surface area contributed by atoms with Gasteiger partial charge in [-0.25, -0.2) is 0 Å². The molecular weight excluding hydrogens is 258 g/mol. The van der Waals surface area contributed by atoms with Gasteiger partial charge >= 0.3 is 0 Å². The number of rotatable bonds is 4. The lowest BCUT2D eigenvalue weighted by Crippen LogP contribution is -2.42. The Hall–Kier alpha value is -0.0900. The van der Waals surface area contributed by atoms with Crippen LogP contribution in [-0.4, -0.2) is 41.9 Å². The minimum Gasteiger partial charge on any atom is -0.377 e. The van der Waals surface area contributed by atoms with E-state index in [0.29, 0.717) is 6.10 Å². The molecule has 1 rings (SSSR count). The lowest BCUT2D eigenvalue weighted by molar-refractivity contribution is -0.137. The summed E-state index contributed by atoms with van der Waals surface area (Å²) in [5.74, 6) is 0.388. The lowest BCUT2D eigenvalue weighted by Gasteiger charge is -2.32. The third-order valence-electron chi connectivity index (χ3n) is 2.68. The van der Waals surface area contributed by atoms with E-state index in [1.807, 2.05) is 18.7 Å². The summed E-state index contributed by atoms with van der Waals surface area (Å²) in [6, 6.07) is 0. The van der Waals surface area contributed by atoms with Gasteiger partial charge in [0.1, 0.15) is 0 Å². The summed E-state index contributed by atoms with van der Waals surface area (Å²) in [5, 5.41) is 0.887. The molecule has 0 bridgehead atoms. The van der Waals surface area contributed by atoms with Crippen molar-refractivity contribution in [1.82, 2.24) is 4.90 Å². The van der Waals surface area contributed by atoms with Gasteiger partial charge in [-0.05, 0) is 12.8 Å². The Morgan fingerprint density at radius 1 is 1.47 bits per heavy atom. The molecule has 0 aromatic heterocycles. The summed E-state index contributed by atoms with van der Waals surface area (Å²) in [6.07, 6.45) is 2.30. The minimum absolute atomic E-state index is 0.116. The van der Waals surface area contributed by atoms with Gasteiger partial charge in [-0.1, -0.05) is 29.8 Å². The molecule has 0 N–H and O–H groups in total. The fourth-order valence-electron chi connectivity index (χ4n) is 1.82. The van der Waals surface area contributed by atoms with E-state index in [2.05, 4.69) is 15.9 Å². The molecule has 1 saturated heterocycles. The highest BCUT2D eigenvalue weighted by molar-refractivity contribution is 9.09. The fourth-order valence-corrected chi connectivity index (χ4v) is 2.01. The predicted octanol–water partition coefficient (Wildman–Crippen LogP) is 2.04. The average Bonchev–Trinajstić information content (AvgIpc) is 2.26. The van der Waals surface area contributed by atoms with Crippen LogP contribution in [0.3, 0.4) is 0 Å². The highest BCUT2D eigenvalue weighted by Crippen LogP contribution is 2.15. The molecule has 0 aromatic rings. The summed E-state index contributed by atoms with van der Waals surface area (Å²) in [5.41, 5.74) is 0. The zero-order valence-corrected chi connectivity index (χ0v) is 11.1. The molecule has 4 heteroatoms. The third kappa shape index (κ3) is 4.11. The van der Waals surface area contributed by atoms with Crippen molar-refractivity contribution in [2.45, 2.75) is 32.8 Å². The molecule has 1 aliphatic heterocycles. The minimum atomic E-state index is 0.116. The Kier molecular flexibility index (Phi) is 5.61. The first kappa shape index (κ1) is 13.0. The molecule has 3 nitrogen and oxygen atoms in total. The number of piperidine rings is 1. The van der Waals surface area contributed by atoms with Gasteiger partial charge < -0.3 is 9.64 Å². The lowest BCUT2D eigenvalue weighted by atomic mass is 10.1. The quantitative estimate of drug-likeness (QED) is 0.737. The fraction of sp³-hybridized carbons (Fsp3) is 0.909. The zero-order chi connectivity index (χ0) is 11.3. The van der Waals surface area contributed by atoms with E-state index in [4.69, 9.17) is 4.74 Å². The number of amides is 1. The van der Waals surface area contributed by atoms with E-state index in [1.54, 1.807) is 0 Å². The molecule has 0 aromatic carbocycles. The van der Waals surface area contributed by atoms with Crippen molar-refractivity contribution in [3.8, 4) is 0 Å². The molecule has 88 valence electrons. The Labute approximate surface area is 100 Å². The van der Waals surface area contributed by atoms with Crippen LogP contribution in [0.1, 0.15) is 26.7 Å². The van der Waals surface area contributed by atoms with Crippen LogP contribution in [0.5, 0.6) is 0 Å². The number of hydrogen-bond acceptors (Lipinski definition) is 2. The van der Waals surface area contributed by atoms with Crippen LogP contribution in [0.25, 0.3) is 0 Å². The number of nitrogens with zero attached hydrogens (tertiary/aromatic N) is 1. The second-order valence-corrected chi connectivity index (χ2v) is 5.03. The Bertz CT molecular complexity index is 201. The second kappa shape index (κ2) is 6.48. The first-order valence-electron chi connectivity index (χ1n) is 5.61. The van der Waals surface area contributed by atoms with E-state index in [0.717, 1.165) is 37.9 Å². The van der Waals surface area contributed by atoms with Gasteiger partial charge in [0.2, 0.25) is 5.91 Å². The summed E-state index contributed by atoms with van der Waals surface area (Å²) in [6.45, 7) is 6.38. The zero-order valence-electron chi connectivity index (χ0n) is 9.54. The van der Waals surface area contributed by atoms with E-state index in [-0.39, 0.29) is 11.8 Å². The molecule has 15 heavy (non-hydrogen) atoms. The molecular formula is C11H20BrNO2. The average molecular weight is 278 g/mol. The first-order chi connectivity index (χ1) is 7.15. The highest BCUT2D eigenvalue weighted by atomic mass is 79.9. The van der Waals surface area contributed by atoms with Crippen LogP contribution in [0, 0.1) is 5.92 Å². The number of carbonyl (C=O) groups is 1. The van der Waals surface area contributed by atoms with E-state index in [1.165, 1.54) is 0 Å². The Morgan fingerprint density at radius 3 is 2.53 bits per heavy atom. The molecule has 0 atom stereocenters. The smallest absolute Gasteiger partial charge is 0.225 e. The molecule has 1 fully saturated rings. The predicted molar refractivity (Wildman–Crippen MR) is 64.2 cm³/mol. The third-order valence-corrected chi connectivity index (χ3v) is 3.00. The second-order valence-electron chi connectivity index (χ2n) is 4.24. The molecule has 0 aliphatic carbocycles. The van der Waals surface area contributed by atoms with Gasteiger partial charge in [-0.3, -0.25) is 4.79 Å². The summed E-state index contributed by atoms with van der Waals surface area (Å²) in [7, 11) is 0. The van der Waals surface area contributed by atoms with Crippen molar-refractivity contribution in [2.24, 2.45) is 5.92 Å². The molecule has 1 aliphatic rings. The maximum atomic E-state index is 11.7. The maximum absolute atomic E-state index is 11.7. The van der Waals surface area contributed by atoms with Gasteiger partial charge in [0.25, 0.3) is 0 Å². The SMILES string of the molecule is CC(C)C(=O)N1CCC(OCCBr)CC1.